The van der Waals surface area contributed by atoms with Crippen LogP contribution in [0.2, 0.25) is 0 Å². The molecule has 1 unspecified atom stereocenters. The number of nitrogens with one attached hydrogen (secondary N) is 1. The van der Waals surface area contributed by atoms with Crippen LogP contribution in [0.25, 0.3) is 0 Å². The number of aromatic hydroxyl groups is 1. The molecule has 2 nitrogen and oxygen atoms in total. The first-order valence-electron chi connectivity index (χ1n) is 5.86. The van der Waals surface area contributed by atoms with Crippen LogP contribution in [-0.2, 0) is 0 Å². The van der Waals surface area contributed by atoms with Crippen molar-refractivity contribution in [3.63, 3.8) is 0 Å². The average Bonchev–Trinajstić information content (AvgIpc) is 2.32. The summed E-state index contributed by atoms with van der Waals surface area (Å²) in [5, 5.41) is 13.2. The van der Waals surface area contributed by atoms with Crippen molar-refractivity contribution in [1.29, 1.82) is 0 Å². The molecule has 1 aromatic rings. The van der Waals surface area contributed by atoms with E-state index in [1.807, 2.05) is 36.9 Å². The van der Waals surface area contributed by atoms with Crippen LogP contribution < -0.4 is 5.32 Å². The van der Waals surface area contributed by atoms with Crippen molar-refractivity contribution in [1.82, 2.24) is 5.32 Å². The molecular weight excluding hydrogens is 230 g/mol. The Morgan fingerprint density at radius 3 is 3.00 bits per heavy atom. The summed E-state index contributed by atoms with van der Waals surface area (Å²) in [6.45, 7) is 8.74. The van der Waals surface area contributed by atoms with E-state index >= 15 is 0 Å². The highest BCUT2D eigenvalue weighted by Crippen LogP contribution is 2.24. The second-order valence-corrected chi connectivity index (χ2v) is 5.25. The van der Waals surface area contributed by atoms with Gasteiger partial charge in [-0.05, 0) is 19.9 Å². The van der Waals surface area contributed by atoms with Gasteiger partial charge < -0.3 is 10.4 Å². The second-order valence-electron chi connectivity index (χ2n) is 4.10. The summed E-state index contributed by atoms with van der Waals surface area (Å²) in [5.74, 6) is 2.42. The Labute approximate surface area is 108 Å². The standard InChI is InChI=1S/C14H21NOS/c1-4-8-17-9-7-15-12(3)13-10-11(2)5-6-14(13)16/h4-6,10,12,15-16H,1,7-9H2,2-3H3. The molecule has 0 amide bonds. The molecule has 0 aromatic heterocycles. The van der Waals surface area contributed by atoms with Crippen molar-refractivity contribution in [2.24, 2.45) is 0 Å². The molecule has 2 N–H and O–H groups in total. The molecule has 94 valence electrons. The Kier molecular flexibility index (Phi) is 6.16. The number of rotatable bonds is 7. The summed E-state index contributed by atoms with van der Waals surface area (Å²) in [7, 11) is 0. The van der Waals surface area contributed by atoms with E-state index in [1.54, 1.807) is 6.07 Å². The zero-order valence-electron chi connectivity index (χ0n) is 10.6. The summed E-state index contributed by atoms with van der Waals surface area (Å²) < 4.78 is 0. The van der Waals surface area contributed by atoms with Gasteiger partial charge in [-0.25, -0.2) is 0 Å². The Hall–Kier alpha value is -0.930. The Bertz CT molecular complexity index is 365. The maximum atomic E-state index is 9.79. The number of phenolic OH excluding ortho intramolecular Hbond substituents is 1. The lowest BCUT2D eigenvalue weighted by Crippen LogP contribution is -2.21. The van der Waals surface area contributed by atoms with Gasteiger partial charge in [0.05, 0.1) is 0 Å². The molecule has 1 rings (SSSR count). The van der Waals surface area contributed by atoms with Crippen molar-refractivity contribution in [2.45, 2.75) is 19.9 Å². The minimum atomic E-state index is 0.180. The number of phenols is 1. The molecule has 0 aliphatic rings. The Morgan fingerprint density at radius 2 is 2.29 bits per heavy atom. The van der Waals surface area contributed by atoms with Crippen molar-refractivity contribution >= 4 is 11.8 Å². The van der Waals surface area contributed by atoms with E-state index in [4.69, 9.17) is 0 Å². The summed E-state index contributed by atoms with van der Waals surface area (Å²) in [6, 6.07) is 5.89. The molecule has 0 fully saturated rings. The molecular formula is C14H21NOS. The predicted octanol–water partition coefficient (Wildman–Crippen LogP) is 3.27. The third-order valence-corrected chi connectivity index (χ3v) is 3.55. The molecule has 3 heteroatoms. The number of benzene rings is 1. The van der Waals surface area contributed by atoms with Crippen LogP contribution >= 0.6 is 11.8 Å². The predicted molar refractivity (Wildman–Crippen MR) is 76.8 cm³/mol. The highest BCUT2D eigenvalue weighted by molar-refractivity contribution is 7.99. The zero-order valence-corrected chi connectivity index (χ0v) is 11.4. The molecule has 0 saturated carbocycles. The summed E-state index contributed by atoms with van der Waals surface area (Å²) >= 11 is 1.85. The maximum absolute atomic E-state index is 9.79. The van der Waals surface area contributed by atoms with Crippen molar-refractivity contribution in [3.8, 4) is 5.75 Å². The average molecular weight is 251 g/mol. The highest BCUT2D eigenvalue weighted by atomic mass is 32.2. The van der Waals surface area contributed by atoms with Gasteiger partial charge in [-0.1, -0.05) is 23.8 Å². The van der Waals surface area contributed by atoms with Gasteiger partial charge in [-0.2, -0.15) is 11.8 Å². The van der Waals surface area contributed by atoms with Crippen LogP contribution in [0.15, 0.2) is 30.9 Å². The van der Waals surface area contributed by atoms with Gasteiger partial charge in [0, 0.05) is 29.7 Å². The molecule has 0 radical (unpaired) electrons. The molecule has 0 saturated heterocycles. The molecule has 0 aliphatic heterocycles. The van der Waals surface area contributed by atoms with E-state index in [0.717, 1.165) is 23.6 Å². The minimum Gasteiger partial charge on any atom is -0.508 e. The highest BCUT2D eigenvalue weighted by Gasteiger charge is 2.09. The van der Waals surface area contributed by atoms with Gasteiger partial charge in [-0.3, -0.25) is 0 Å². The van der Waals surface area contributed by atoms with Crippen LogP contribution in [0.4, 0.5) is 0 Å². The topological polar surface area (TPSA) is 32.3 Å². The number of hydrogen-bond acceptors (Lipinski definition) is 3. The lowest BCUT2D eigenvalue weighted by molar-refractivity contribution is 0.454. The molecule has 1 aromatic carbocycles. The first-order valence-corrected chi connectivity index (χ1v) is 7.02. The van der Waals surface area contributed by atoms with Gasteiger partial charge in [0.25, 0.3) is 0 Å². The van der Waals surface area contributed by atoms with E-state index in [1.165, 1.54) is 5.56 Å². The van der Waals surface area contributed by atoms with Crippen LogP contribution in [0, 0.1) is 6.92 Å². The number of thioether (sulfide) groups is 1. The smallest absolute Gasteiger partial charge is 0.120 e. The largest absolute Gasteiger partial charge is 0.508 e. The van der Waals surface area contributed by atoms with Crippen LogP contribution in [-0.4, -0.2) is 23.2 Å². The van der Waals surface area contributed by atoms with Crippen molar-refractivity contribution in [2.75, 3.05) is 18.1 Å². The van der Waals surface area contributed by atoms with E-state index in [2.05, 4.69) is 18.8 Å². The lowest BCUT2D eigenvalue weighted by atomic mass is 10.0. The Balaban J connectivity index is 2.43. The van der Waals surface area contributed by atoms with Crippen molar-refractivity contribution < 1.29 is 5.11 Å². The fourth-order valence-electron chi connectivity index (χ4n) is 1.64. The summed E-state index contributed by atoms with van der Waals surface area (Å²) in [4.78, 5) is 0. The number of aryl methyl sites for hydroxylation is 1. The van der Waals surface area contributed by atoms with Crippen molar-refractivity contribution in [3.05, 3.63) is 42.0 Å². The fraction of sp³-hybridized carbons (Fsp3) is 0.429. The van der Waals surface area contributed by atoms with Crippen LogP contribution in [0.5, 0.6) is 5.75 Å². The molecule has 17 heavy (non-hydrogen) atoms. The fourth-order valence-corrected chi connectivity index (χ4v) is 2.24. The molecule has 0 spiro atoms. The van der Waals surface area contributed by atoms with E-state index in [0.29, 0.717) is 5.75 Å². The minimum absolute atomic E-state index is 0.180. The molecule has 1 atom stereocenters. The van der Waals surface area contributed by atoms with Crippen LogP contribution in [0.1, 0.15) is 24.1 Å². The first-order chi connectivity index (χ1) is 8.15. The van der Waals surface area contributed by atoms with E-state index < -0.39 is 0 Å². The van der Waals surface area contributed by atoms with E-state index in [-0.39, 0.29) is 6.04 Å². The molecule has 0 aliphatic carbocycles. The lowest BCUT2D eigenvalue weighted by Gasteiger charge is -2.16. The zero-order chi connectivity index (χ0) is 12.7. The third kappa shape index (κ3) is 4.84. The van der Waals surface area contributed by atoms with Gasteiger partial charge in [0.15, 0.2) is 0 Å². The second kappa shape index (κ2) is 7.41. The summed E-state index contributed by atoms with van der Waals surface area (Å²) in [6.07, 6.45) is 1.92. The SMILES string of the molecule is C=CCSCCNC(C)c1cc(C)ccc1O. The van der Waals surface area contributed by atoms with Gasteiger partial charge in [0.2, 0.25) is 0 Å². The first kappa shape index (κ1) is 14.1. The van der Waals surface area contributed by atoms with Crippen LogP contribution in [0.3, 0.4) is 0 Å². The molecule has 0 heterocycles. The molecule has 0 bridgehead atoms. The summed E-state index contributed by atoms with van der Waals surface area (Å²) in [5.41, 5.74) is 2.14. The van der Waals surface area contributed by atoms with Gasteiger partial charge in [0.1, 0.15) is 5.75 Å². The quantitative estimate of drug-likeness (QED) is 0.576. The Morgan fingerprint density at radius 1 is 1.53 bits per heavy atom. The van der Waals surface area contributed by atoms with E-state index in [9.17, 15) is 5.11 Å². The maximum Gasteiger partial charge on any atom is 0.120 e. The third-order valence-electron chi connectivity index (χ3n) is 2.58. The number of hydrogen-bond donors (Lipinski definition) is 2. The normalized spacial score (nSPS) is 12.4. The van der Waals surface area contributed by atoms with Gasteiger partial charge >= 0.3 is 0 Å². The monoisotopic (exact) mass is 251 g/mol. The van der Waals surface area contributed by atoms with Gasteiger partial charge in [-0.15, -0.1) is 6.58 Å².